The van der Waals surface area contributed by atoms with Gasteiger partial charge >= 0.3 is 0 Å². The van der Waals surface area contributed by atoms with Gasteiger partial charge in [-0.2, -0.15) is 0 Å². The van der Waals surface area contributed by atoms with Crippen molar-refractivity contribution >= 4 is 22.8 Å². The van der Waals surface area contributed by atoms with Crippen LogP contribution in [0.1, 0.15) is 24.5 Å². The van der Waals surface area contributed by atoms with Crippen LogP contribution in [0.2, 0.25) is 0 Å². The summed E-state index contributed by atoms with van der Waals surface area (Å²) >= 11 is 0. The summed E-state index contributed by atoms with van der Waals surface area (Å²) in [5.41, 5.74) is 1.24. The maximum atomic E-state index is 13.4. The normalized spacial score (nSPS) is 10.9. The minimum Gasteiger partial charge on any atom is -0.464 e. The summed E-state index contributed by atoms with van der Waals surface area (Å²) in [6.07, 6.45) is 2.03. The number of amides is 2. The monoisotopic (exact) mass is 454 g/mol. The first-order valence-corrected chi connectivity index (χ1v) is 10.7. The molecule has 8 heteroatoms. The molecule has 0 saturated carbocycles. The predicted octanol–water partition coefficient (Wildman–Crippen LogP) is 3.35. The van der Waals surface area contributed by atoms with E-state index in [1.54, 1.807) is 36.4 Å². The van der Waals surface area contributed by atoms with Crippen LogP contribution in [-0.2, 0) is 27.4 Å². The third-order valence-electron chi connectivity index (χ3n) is 5.19. The molecule has 1 aromatic heterocycles. The highest BCUT2D eigenvalue weighted by Crippen LogP contribution is 2.15. The third-order valence-corrected chi connectivity index (χ3v) is 5.19. The zero-order valence-corrected chi connectivity index (χ0v) is 18.8. The largest absolute Gasteiger partial charge is 0.464 e. The molecule has 0 radical (unpaired) electrons. The molecule has 0 saturated heterocycles. The smallest absolute Gasteiger partial charge is 0.249 e. The van der Waals surface area contributed by atoms with E-state index in [0.717, 1.165) is 0 Å². The molecule has 0 atom stereocenters. The topological polar surface area (TPSA) is 80.1 Å². The number of rotatable bonds is 10. The SMILES string of the molecule is CCCN(CC(=O)N(Cc1ccc(F)cc1)Cc1coc2ccccc2c1=O)C(=O)COC. The summed E-state index contributed by atoms with van der Waals surface area (Å²) < 4.78 is 23.9. The van der Waals surface area contributed by atoms with Crippen LogP contribution in [0, 0.1) is 5.82 Å². The molecule has 2 aromatic carbocycles. The Morgan fingerprint density at radius 1 is 1.00 bits per heavy atom. The summed E-state index contributed by atoms with van der Waals surface area (Å²) in [6.45, 7) is 2.16. The van der Waals surface area contributed by atoms with Crippen molar-refractivity contribution in [2.45, 2.75) is 26.4 Å². The number of benzene rings is 2. The number of methoxy groups -OCH3 is 1. The second-order valence-electron chi connectivity index (χ2n) is 7.71. The number of halogens is 1. The average molecular weight is 454 g/mol. The van der Waals surface area contributed by atoms with Crippen molar-refractivity contribution in [2.24, 2.45) is 0 Å². The zero-order valence-electron chi connectivity index (χ0n) is 18.8. The van der Waals surface area contributed by atoms with Gasteiger partial charge in [-0.3, -0.25) is 14.4 Å². The van der Waals surface area contributed by atoms with Crippen LogP contribution in [0.5, 0.6) is 0 Å². The van der Waals surface area contributed by atoms with E-state index in [1.807, 2.05) is 6.92 Å². The number of carbonyl (C=O) groups excluding carboxylic acids is 2. The molecule has 0 spiro atoms. The summed E-state index contributed by atoms with van der Waals surface area (Å²) in [5.74, 6) is -1.02. The highest BCUT2D eigenvalue weighted by Gasteiger charge is 2.22. The van der Waals surface area contributed by atoms with Crippen molar-refractivity contribution in [3.8, 4) is 0 Å². The molecule has 3 aromatic rings. The van der Waals surface area contributed by atoms with Crippen LogP contribution >= 0.6 is 0 Å². The molecule has 0 unspecified atom stereocenters. The van der Waals surface area contributed by atoms with Crippen molar-refractivity contribution in [1.29, 1.82) is 0 Å². The molecule has 1 heterocycles. The zero-order chi connectivity index (χ0) is 23.8. The van der Waals surface area contributed by atoms with Gasteiger partial charge in [0.15, 0.2) is 5.43 Å². The van der Waals surface area contributed by atoms with Crippen LogP contribution < -0.4 is 5.43 Å². The summed E-state index contributed by atoms with van der Waals surface area (Å²) in [6, 6.07) is 12.7. The minimum absolute atomic E-state index is 0.0121. The number of nitrogens with zero attached hydrogens (tertiary/aromatic N) is 2. The van der Waals surface area contributed by atoms with E-state index < -0.39 is 0 Å². The molecule has 0 N–H and O–H groups in total. The lowest BCUT2D eigenvalue weighted by Crippen LogP contribution is -2.44. The Balaban J connectivity index is 1.89. The Kier molecular flexibility index (Phi) is 8.32. The summed E-state index contributed by atoms with van der Waals surface area (Å²) in [5, 5.41) is 0.423. The van der Waals surface area contributed by atoms with E-state index in [2.05, 4.69) is 0 Å². The molecule has 7 nitrogen and oxygen atoms in total. The number of fused-ring (bicyclic) bond motifs is 1. The van der Waals surface area contributed by atoms with Gasteiger partial charge in [-0.25, -0.2) is 4.39 Å². The Bertz CT molecular complexity index is 1160. The molecule has 2 amide bonds. The van der Waals surface area contributed by atoms with Crippen LogP contribution in [0.15, 0.2) is 64.0 Å². The number of para-hydroxylation sites is 1. The lowest BCUT2D eigenvalue weighted by atomic mass is 10.1. The Hall–Kier alpha value is -3.52. The van der Waals surface area contributed by atoms with Gasteiger partial charge in [0.25, 0.3) is 0 Å². The van der Waals surface area contributed by atoms with Gasteiger partial charge in [-0.15, -0.1) is 0 Å². The molecule has 0 fully saturated rings. The van der Waals surface area contributed by atoms with Crippen LogP contribution in [0.3, 0.4) is 0 Å². The van der Waals surface area contributed by atoms with E-state index in [0.29, 0.717) is 35.1 Å². The lowest BCUT2D eigenvalue weighted by molar-refractivity contribution is -0.143. The Morgan fingerprint density at radius 2 is 1.73 bits per heavy atom. The van der Waals surface area contributed by atoms with Gasteiger partial charge in [0.2, 0.25) is 11.8 Å². The van der Waals surface area contributed by atoms with Gasteiger partial charge in [0.1, 0.15) is 18.0 Å². The molecular formula is C25H27FN2O5. The van der Waals surface area contributed by atoms with Crippen molar-refractivity contribution in [3.05, 3.63) is 82.0 Å². The maximum absolute atomic E-state index is 13.4. The van der Waals surface area contributed by atoms with E-state index in [9.17, 15) is 18.8 Å². The van der Waals surface area contributed by atoms with E-state index in [4.69, 9.17) is 9.15 Å². The molecule has 0 aliphatic rings. The van der Waals surface area contributed by atoms with Crippen LogP contribution in [0.4, 0.5) is 4.39 Å². The number of hydrogen-bond donors (Lipinski definition) is 0. The number of carbonyl (C=O) groups is 2. The molecular weight excluding hydrogens is 427 g/mol. The minimum atomic E-state index is -0.383. The fourth-order valence-corrected chi connectivity index (χ4v) is 3.52. The average Bonchev–Trinajstić information content (AvgIpc) is 2.81. The van der Waals surface area contributed by atoms with E-state index in [1.165, 1.54) is 35.3 Å². The number of ether oxygens (including phenoxy) is 1. The first kappa shape index (κ1) is 24.1. The van der Waals surface area contributed by atoms with Gasteiger partial charge in [0, 0.05) is 20.2 Å². The first-order valence-electron chi connectivity index (χ1n) is 10.7. The third kappa shape index (κ3) is 6.26. The van der Waals surface area contributed by atoms with Gasteiger partial charge in [-0.05, 0) is 36.2 Å². The molecule has 3 rings (SSSR count). The van der Waals surface area contributed by atoms with Crippen molar-refractivity contribution < 1.29 is 23.1 Å². The molecule has 0 aliphatic heterocycles. The standard InChI is InChI=1S/C25H27FN2O5/c1-3-12-27(24(30)17-32-2)15-23(29)28(13-18-8-10-20(26)11-9-18)14-19-16-33-22-7-5-4-6-21(22)25(19)31/h4-11,16H,3,12-15,17H2,1-2H3. The van der Waals surface area contributed by atoms with Crippen molar-refractivity contribution in [2.75, 3.05) is 26.8 Å². The van der Waals surface area contributed by atoms with Gasteiger partial charge in [-0.1, -0.05) is 31.2 Å². The Labute approximate surface area is 191 Å². The Morgan fingerprint density at radius 3 is 2.42 bits per heavy atom. The van der Waals surface area contributed by atoms with Gasteiger partial charge < -0.3 is 19.0 Å². The van der Waals surface area contributed by atoms with E-state index >= 15 is 0 Å². The maximum Gasteiger partial charge on any atom is 0.249 e. The number of hydrogen-bond acceptors (Lipinski definition) is 5. The van der Waals surface area contributed by atoms with Crippen molar-refractivity contribution in [3.63, 3.8) is 0 Å². The first-order chi connectivity index (χ1) is 15.9. The predicted molar refractivity (Wildman–Crippen MR) is 122 cm³/mol. The summed E-state index contributed by atoms with van der Waals surface area (Å²) in [4.78, 5) is 41.5. The molecule has 0 bridgehead atoms. The van der Waals surface area contributed by atoms with Crippen LogP contribution in [-0.4, -0.2) is 48.4 Å². The highest BCUT2D eigenvalue weighted by atomic mass is 19.1. The van der Waals surface area contributed by atoms with Crippen LogP contribution in [0.25, 0.3) is 11.0 Å². The fourth-order valence-electron chi connectivity index (χ4n) is 3.52. The molecule has 0 aliphatic carbocycles. The summed E-state index contributed by atoms with van der Waals surface area (Å²) in [7, 11) is 1.42. The van der Waals surface area contributed by atoms with Crippen molar-refractivity contribution in [1.82, 2.24) is 9.80 Å². The molecule has 33 heavy (non-hydrogen) atoms. The fraction of sp³-hybridized carbons (Fsp3) is 0.320. The second-order valence-corrected chi connectivity index (χ2v) is 7.71. The highest BCUT2D eigenvalue weighted by molar-refractivity contribution is 5.85. The lowest BCUT2D eigenvalue weighted by Gasteiger charge is -2.27. The quantitative estimate of drug-likeness (QED) is 0.469. The van der Waals surface area contributed by atoms with Gasteiger partial charge in [0.05, 0.1) is 30.3 Å². The van der Waals surface area contributed by atoms with E-state index in [-0.39, 0.29) is 49.3 Å². The second kappa shape index (κ2) is 11.4. The molecule has 174 valence electrons.